The van der Waals surface area contributed by atoms with Crippen molar-refractivity contribution in [3.8, 4) is 0 Å². The van der Waals surface area contributed by atoms with Crippen LogP contribution in [-0.4, -0.2) is 29.1 Å². The normalized spacial score (nSPS) is 14.0. The summed E-state index contributed by atoms with van der Waals surface area (Å²) in [6, 6.07) is 11.5. The van der Waals surface area contributed by atoms with Gasteiger partial charge in [0.25, 0.3) is 0 Å². The maximum Gasteiger partial charge on any atom is 0.410 e. The van der Waals surface area contributed by atoms with Crippen LogP contribution < -0.4 is 0 Å². The smallest absolute Gasteiger partial charge is 0.410 e. The van der Waals surface area contributed by atoms with Crippen LogP contribution in [0.2, 0.25) is 5.02 Å². The first kappa shape index (κ1) is 17.2. The highest BCUT2D eigenvalue weighted by molar-refractivity contribution is 6.30. The van der Waals surface area contributed by atoms with Crippen molar-refractivity contribution < 1.29 is 9.53 Å². The summed E-state index contributed by atoms with van der Waals surface area (Å²) in [5.74, 6) is 0. The highest BCUT2D eigenvalue weighted by Gasteiger charge is 2.20. The molecule has 0 fully saturated rings. The molecule has 1 aromatic carbocycles. The van der Waals surface area contributed by atoms with Crippen LogP contribution in [-0.2, 0) is 11.3 Å². The Labute approximate surface area is 152 Å². The highest BCUT2D eigenvalue weighted by Crippen LogP contribution is 2.26. The number of halogens is 1. The van der Waals surface area contributed by atoms with Crippen molar-refractivity contribution in [1.29, 1.82) is 0 Å². The van der Waals surface area contributed by atoms with Crippen LogP contribution in [0.4, 0.5) is 4.79 Å². The zero-order valence-corrected chi connectivity index (χ0v) is 14.6. The Morgan fingerprint density at radius 1 is 1.36 bits per heavy atom. The number of carbonyl (C=O) groups excluding carboxylic acids is 1. The third-order valence-electron chi connectivity index (χ3n) is 4.08. The topological polar surface area (TPSA) is 42.4 Å². The summed E-state index contributed by atoms with van der Waals surface area (Å²) in [6.07, 6.45) is 5.81. The third kappa shape index (κ3) is 4.28. The van der Waals surface area contributed by atoms with E-state index >= 15 is 0 Å². The second kappa shape index (κ2) is 7.99. The van der Waals surface area contributed by atoms with Crippen LogP contribution in [0.15, 0.2) is 55.3 Å². The minimum atomic E-state index is -0.299. The van der Waals surface area contributed by atoms with Gasteiger partial charge in [-0.25, -0.2) is 4.79 Å². The number of nitrogens with zero attached hydrogens (tertiary/aromatic N) is 2. The van der Waals surface area contributed by atoms with Crippen molar-refractivity contribution in [2.45, 2.75) is 13.0 Å². The average molecular weight is 355 g/mol. The van der Waals surface area contributed by atoms with Gasteiger partial charge in [-0.15, -0.1) is 0 Å². The highest BCUT2D eigenvalue weighted by atomic mass is 35.5. The van der Waals surface area contributed by atoms with Gasteiger partial charge >= 0.3 is 6.09 Å². The second-order valence-electron chi connectivity index (χ2n) is 5.76. The number of hydrogen-bond donors (Lipinski definition) is 0. The van der Waals surface area contributed by atoms with Crippen LogP contribution in [0.5, 0.6) is 0 Å². The van der Waals surface area contributed by atoms with E-state index in [2.05, 4.69) is 11.6 Å². The Bertz CT molecular complexity index is 803. The average Bonchev–Trinajstić information content (AvgIpc) is 2.67. The molecule has 1 amide bonds. The van der Waals surface area contributed by atoms with Gasteiger partial charge in [0, 0.05) is 24.8 Å². The Morgan fingerprint density at radius 3 is 2.84 bits per heavy atom. The number of benzene rings is 1. The molecule has 1 aliphatic rings. The quantitative estimate of drug-likeness (QED) is 0.791. The van der Waals surface area contributed by atoms with Gasteiger partial charge in [-0.1, -0.05) is 60.7 Å². The fourth-order valence-electron chi connectivity index (χ4n) is 2.74. The summed E-state index contributed by atoms with van der Waals surface area (Å²) < 4.78 is 5.38. The van der Waals surface area contributed by atoms with Crippen molar-refractivity contribution in [3.63, 3.8) is 0 Å². The van der Waals surface area contributed by atoms with Crippen molar-refractivity contribution in [1.82, 2.24) is 9.88 Å². The van der Waals surface area contributed by atoms with Gasteiger partial charge in [-0.3, -0.25) is 4.98 Å². The molecule has 1 aliphatic heterocycles. The van der Waals surface area contributed by atoms with Gasteiger partial charge in [0.2, 0.25) is 0 Å². The zero-order valence-electron chi connectivity index (χ0n) is 13.8. The van der Waals surface area contributed by atoms with Crippen molar-refractivity contribution in [2.24, 2.45) is 0 Å². The van der Waals surface area contributed by atoms with E-state index in [9.17, 15) is 4.79 Å². The fraction of sp³-hybridized carbons (Fsp3) is 0.200. The third-order valence-corrected chi connectivity index (χ3v) is 4.29. The van der Waals surface area contributed by atoms with Gasteiger partial charge < -0.3 is 9.64 Å². The number of pyridine rings is 1. The van der Waals surface area contributed by atoms with Crippen LogP contribution >= 0.6 is 11.6 Å². The molecule has 0 unspecified atom stereocenters. The predicted octanol–water partition coefficient (Wildman–Crippen LogP) is 4.80. The number of ether oxygens (including phenoxy) is 1. The number of aromatic nitrogens is 1. The zero-order chi connectivity index (χ0) is 17.6. The van der Waals surface area contributed by atoms with Crippen LogP contribution in [0.3, 0.4) is 0 Å². The Morgan fingerprint density at radius 2 is 2.16 bits per heavy atom. The van der Waals surface area contributed by atoms with E-state index in [4.69, 9.17) is 16.3 Å². The maximum absolute atomic E-state index is 12.2. The molecule has 0 radical (unpaired) electrons. The SMILES string of the molecule is C=Cc1cc(Cl)cnc1C1=CCN(C(=O)OCc2ccccc2)CC1. The molecule has 0 saturated heterocycles. The molecule has 0 aliphatic carbocycles. The lowest BCUT2D eigenvalue weighted by Gasteiger charge is -2.26. The van der Waals surface area contributed by atoms with Crippen molar-refractivity contribution >= 4 is 29.3 Å². The first-order valence-corrected chi connectivity index (χ1v) is 8.48. The van der Waals surface area contributed by atoms with E-state index in [-0.39, 0.29) is 12.7 Å². The summed E-state index contributed by atoms with van der Waals surface area (Å²) in [4.78, 5) is 18.3. The molecular formula is C20H19ClN2O2. The molecular weight excluding hydrogens is 336 g/mol. The van der Waals surface area contributed by atoms with Gasteiger partial charge in [0.15, 0.2) is 0 Å². The van der Waals surface area contributed by atoms with Gasteiger partial charge in [0.05, 0.1) is 10.7 Å². The molecule has 4 nitrogen and oxygen atoms in total. The minimum absolute atomic E-state index is 0.284. The number of hydrogen-bond acceptors (Lipinski definition) is 3. The van der Waals surface area contributed by atoms with E-state index in [1.54, 1.807) is 17.2 Å². The first-order chi connectivity index (χ1) is 12.2. The molecule has 0 bridgehead atoms. The molecule has 0 atom stereocenters. The fourth-order valence-corrected chi connectivity index (χ4v) is 2.91. The molecule has 3 rings (SSSR count). The van der Waals surface area contributed by atoms with E-state index < -0.39 is 0 Å². The standard InChI is InChI=1S/C20H19ClN2O2/c1-2-16-12-18(21)13-22-19(16)17-8-10-23(11-9-17)20(24)25-14-15-6-4-3-5-7-15/h2-8,12-13H,1,9-11,14H2. The number of carbonyl (C=O) groups is 1. The molecule has 2 heterocycles. The summed E-state index contributed by atoms with van der Waals surface area (Å²) in [7, 11) is 0. The number of rotatable bonds is 4. The van der Waals surface area contributed by atoms with Crippen molar-refractivity contribution in [3.05, 3.63) is 77.1 Å². The Balaban J connectivity index is 1.62. The maximum atomic E-state index is 12.2. The molecule has 0 N–H and O–H groups in total. The van der Waals surface area contributed by atoms with Gasteiger partial charge in [-0.2, -0.15) is 0 Å². The summed E-state index contributed by atoms with van der Waals surface area (Å²) in [6.45, 7) is 5.20. The van der Waals surface area contributed by atoms with Gasteiger partial charge in [-0.05, 0) is 23.6 Å². The molecule has 0 saturated carbocycles. The minimum Gasteiger partial charge on any atom is -0.445 e. The monoisotopic (exact) mass is 354 g/mol. The molecule has 1 aromatic heterocycles. The van der Waals surface area contributed by atoms with Crippen molar-refractivity contribution in [2.75, 3.05) is 13.1 Å². The van der Waals surface area contributed by atoms with Crippen LogP contribution in [0, 0.1) is 0 Å². The van der Waals surface area contributed by atoms with E-state index in [1.807, 2.05) is 42.5 Å². The number of amides is 1. The van der Waals surface area contributed by atoms with Gasteiger partial charge in [0.1, 0.15) is 6.61 Å². The van der Waals surface area contributed by atoms with Crippen LogP contribution in [0.25, 0.3) is 11.6 Å². The molecule has 0 spiro atoms. The Kier molecular flexibility index (Phi) is 5.51. The molecule has 5 heteroatoms. The van der Waals surface area contributed by atoms with E-state index in [0.29, 0.717) is 18.1 Å². The summed E-state index contributed by atoms with van der Waals surface area (Å²) in [5, 5.41) is 0.584. The lowest BCUT2D eigenvalue weighted by atomic mass is 10.0. The first-order valence-electron chi connectivity index (χ1n) is 8.10. The lowest BCUT2D eigenvalue weighted by Crippen LogP contribution is -2.35. The Hall–Kier alpha value is -2.59. The van der Waals surface area contributed by atoms with Crippen LogP contribution in [0.1, 0.15) is 23.2 Å². The van der Waals surface area contributed by atoms with E-state index in [0.717, 1.165) is 28.8 Å². The molecule has 2 aromatic rings. The molecule has 128 valence electrons. The predicted molar refractivity (Wildman–Crippen MR) is 100 cm³/mol. The summed E-state index contributed by atoms with van der Waals surface area (Å²) >= 11 is 5.99. The second-order valence-corrected chi connectivity index (χ2v) is 6.20. The largest absolute Gasteiger partial charge is 0.445 e. The molecule has 25 heavy (non-hydrogen) atoms. The summed E-state index contributed by atoms with van der Waals surface area (Å²) in [5.41, 5.74) is 3.85. The lowest BCUT2D eigenvalue weighted by molar-refractivity contribution is 0.0998. The van der Waals surface area contributed by atoms with E-state index in [1.165, 1.54) is 0 Å².